The standard InChI is InChI=1S/C16H28N2/c1-6-9-17-16(8-7-12(2)3)15-10-13(4)18-14(5)11-15/h10-12,16-17H,6-9H2,1-5H3. The van der Waals surface area contributed by atoms with E-state index in [1.165, 1.54) is 24.8 Å². The molecule has 2 nitrogen and oxygen atoms in total. The molecule has 0 radical (unpaired) electrons. The highest BCUT2D eigenvalue weighted by Crippen LogP contribution is 2.22. The Morgan fingerprint density at radius 1 is 1.11 bits per heavy atom. The zero-order valence-electron chi connectivity index (χ0n) is 12.6. The Morgan fingerprint density at radius 2 is 1.72 bits per heavy atom. The molecular formula is C16H28N2. The third-order valence-corrected chi connectivity index (χ3v) is 3.18. The summed E-state index contributed by atoms with van der Waals surface area (Å²) in [6.45, 7) is 12.0. The van der Waals surface area contributed by atoms with Gasteiger partial charge in [0.15, 0.2) is 0 Å². The fraction of sp³-hybridized carbons (Fsp3) is 0.688. The largest absolute Gasteiger partial charge is 0.310 e. The van der Waals surface area contributed by atoms with Crippen LogP contribution in [0.1, 0.15) is 63.0 Å². The van der Waals surface area contributed by atoms with E-state index in [1.54, 1.807) is 0 Å². The molecule has 18 heavy (non-hydrogen) atoms. The van der Waals surface area contributed by atoms with Crippen molar-refractivity contribution in [1.29, 1.82) is 0 Å². The number of nitrogens with zero attached hydrogens (tertiary/aromatic N) is 1. The summed E-state index contributed by atoms with van der Waals surface area (Å²) in [5.74, 6) is 0.764. The van der Waals surface area contributed by atoms with E-state index in [9.17, 15) is 0 Å². The Balaban J connectivity index is 2.79. The lowest BCUT2D eigenvalue weighted by Crippen LogP contribution is -2.23. The maximum atomic E-state index is 4.46. The molecule has 1 rings (SSSR count). The quantitative estimate of drug-likeness (QED) is 0.783. The van der Waals surface area contributed by atoms with Crippen LogP contribution in [-0.4, -0.2) is 11.5 Å². The monoisotopic (exact) mass is 248 g/mol. The van der Waals surface area contributed by atoms with E-state index in [-0.39, 0.29) is 0 Å². The normalized spacial score (nSPS) is 13.0. The zero-order valence-corrected chi connectivity index (χ0v) is 12.6. The van der Waals surface area contributed by atoms with Gasteiger partial charge in [-0.25, -0.2) is 0 Å². The number of hydrogen-bond donors (Lipinski definition) is 1. The highest BCUT2D eigenvalue weighted by Gasteiger charge is 2.12. The number of hydrogen-bond acceptors (Lipinski definition) is 2. The van der Waals surface area contributed by atoms with Gasteiger partial charge in [0, 0.05) is 17.4 Å². The lowest BCUT2D eigenvalue weighted by atomic mass is 9.97. The zero-order chi connectivity index (χ0) is 13.5. The second-order valence-electron chi connectivity index (χ2n) is 5.66. The van der Waals surface area contributed by atoms with Crippen LogP contribution < -0.4 is 5.32 Å². The molecule has 0 saturated carbocycles. The molecule has 0 aliphatic carbocycles. The molecule has 1 atom stereocenters. The van der Waals surface area contributed by atoms with E-state index in [4.69, 9.17) is 0 Å². The molecule has 0 bridgehead atoms. The van der Waals surface area contributed by atoms with Crippen molar-refractivity contribution in [2.24, 2.45) is 5.92 Å². The first-order valence-corrected chi connectivity index (χ1v) is 7.21. The maximum absolute atomic E-state index is 4.46. The lowest BCUT2D eigenvalue weighted by Gasteiger charge is -2.20. The number of rotatable bonds is 7. The van der Waals surface area contributed by atoms with E-state index in [0.29, 0.717) is 6.04 Å². The van der Waals surface area contributed by atoms with Crippen LogP contribution in [0, 0.1) is 19.8 Å². The van der Waals surface area contributed by atoms with Crippen LogP contribution in [0.5, 0.6) is 0 Å². The van der Waals surface area contributed by atoms with Crippen LogP contribution >= 0.6 is 0 Å². The summed E-state index contributed by atoms with van der Waals surface area (Å²) < 4.78 is 0. The summed E-state index contributed by atoms with van der Waals surface area (Å²) in [7, 11) is 0. The predicted octanol–water partition coefficient (Wildman–Crippen LogP) is 4.18. The molecule has 1 unspecified atom stereocenters. The fourth-order valence-corrected chi connectivity index (χ4v) is 2.27. The second-order valence-corrected chi connectivity index (χ2v) is 5.66. The van der Waals surface area contributed by atoms with Crippen molar-refractivity contribution < 1.29 is 0 Å². The molecule has 1 heterocycles. The number of nitrogens with one attached hydrogen (secondary N) is 1. The average molecular weight is 248 g/mol. The molecule has 1 aromatic heterocycles. The second kappa shape index (κ2) is 7.52. The van der Waals surface area contributed by atoms with Gasteiger partial charge in [0.25, 0.3) is 0 Å². The molecule has 0 fully saturated rings. The molecule has 0 aliphatic rings. The molecular weight excluding hydrogens is 220 g/mol. The first kappa shape index (κ1) is 15.2. The Kier molecular flexibility index (Phi) is 6.34. The van der Waals surface area contributed by atoms with E-state index in [2.05, 4.69) is 57.1 Å². The Morgan fingerprint density at radius 3 is 2.22 bits per heavy atom. The van der Waals surface area contributed by atoms with E-state index < -0.39 is 0 Å². The third-order valence-electron chi connectivity index (χ3n) is 3.18. The van der Waals surface area contributed by atoms with Crippen molar-refractivity contribution in [3.8, 4) is 0 Å². The van der Waals surface area contributed by atoms with Gasteiger partial charge in [0.1, 0.15) is 0 Å². The van der Waals surface area contributed by atoms with Crippen molar-refractivity contribution in [3.05, 3.63) is 29.1 Å². The van der Waals surface area contributed by atoms with Crippen LogP contribution in [0.15, 0.2) is 12.1 Å². The molecule has 0 aromatic carbocycles. The predicted molar refractivity (Wildman–Crippen MR) is 78.8 cm³/mol. The first-order valence-electron chi connectivity index (χ1n) is 7.21. The van der Waals surface area contributed by atoms with E-state index in [0.717, 1.165) is 23.9 Å². The molecule has 0 saturated heterocycles. The molecule has 102 valence electrons. The van der Waals surface area contributed by atoms with Crippen LogP contribution in [-0.2, 0) is 0 Å². The smallest absolute Gasteiger partial charge is 0.0379 e. The minimum Gasteiger partial charge on any atom is -0.310 e. The van der Waals surface area contributed by atoms with Crippen LogP contribution in [0.2, 0.25) is 0 Å². The van der Waals surface area contributed by atoms with Gasteiger partial charge in [0.2, 0.25) is 0 Å². The number of pyridine rings is 1. The Hall–Kier alpha value is -0.890. The summed E-state index contributed by atoms with van der Waals surface area (Å²) in [5.41, 5.74) is 3.64. The van der Waals surface area contributed by atoms with Gasteiger partial charge in [-0.2, -0.15) is 0 Å². The van der Waals surface area contributed by atoms with E-state index >= 15 is 0 Å². The van der Waals surface area contributed by atoms with Crippen LogP contribution in [0.4, 0.5) is 0 Å². The maximum Gasteiger partial charge on any atom is 0.0379 e. The molecule has 0 amide bonds. The Bertz CT molecular complexity index is 338. The van der Waals surface area contributed by atoms with Crippen molar-refractivity contribution >= 4 is 0 Å². The summed E-state index contributed by atoms with van der Waals surface area (Å²) in [6, 6.07) is 4.93. The molecule has 1 N–H and O–H groups in total. The third kappa shape index (κ3) is 5.18. The van der Waals surface area contributed by atoms with Gasteiger partial charge in [0.05, 0.1) is 0 Å². The summed E-state index contributed by atoms with van der Waals surface area (Å²) in [4.78, 5) is 4.46. The van der Waals surface area contributed by atoms with Gasteiger partial charge in [-0.1, -0.05) is 20.8 Å². The minimum atomic E-state index is 0.479. The fourth-order valence-electron chi connectivity index (χ4n) is 2.27. The van der Waals surface area contributed by atoms with Crippen LogP contribution in [0.25, 0.3) is 0 Å². The highest BCUT2D eigenvalue weighted by molar-refractivity contribution is 5.23. The van der Waals surface area contributed by atoms with Crippen LogP contribution in [0.3, 0.4) is 0 Å². The summed E-state index contributed by atoms with van der Waals surface area (Å²) in [6.07, 6.45) is 3.66. The topological polar surface area (TPSA) is 24.9 Å². The summed E-state index contributed by atoms with van der Waals surface area (Å²) >= 11 is 0. The molecule has 0 aliphatic heterocycles. The van der Waals surface area contributed by atoms with Gasteiger partial charge in [-0.05, 0) is 63.3 Å². The van der Waals surface area contributed by atoms with Gasteiger partial charge >= 0.3 is 0 Å². The van der Waals surface area contributed by atoms with Crippen molar-refractivity contribution in [1.82, 2.24) is 10.3 Å². The van der Waals surface area contributed by atoms with E-state index in [1.807, 2.05) is 0 Å². The molecule has 1 aromatic rings. The molecule has 0 spiro atoms. The highest BCUT2D eigenvalue weighted by atomic mass is 14.9. The van der Waals surface area contributed by atoms with Gasteiger partial charge in [-0.3, -0.25) is 4.98 Å². The molecule has 2 heteroatoms. The van der Waals surface area contributed by atoms with Gasteiger partial charge < -0.3 is 5.32 Å². The SMILES string of the molecule is CCCNC(CCC(C)C)c1cc(C)nc(C)c1. The van der Waals surface area contributed by atoms with Crippen molar-refractivity contribution in [2.75, 3.05) is 6.54 Å². The lowest BCUT2D eigenvalue weighted by molar-refractivity contribution is 0.440. The average Bonchev–Trinajstić information content (AvgIpc) is 2.27. The van der Waals surface area contributed by atoms with Crippen molar-refractivity contribution in [2.45, 2.75) is 59.9 Å². The first-order chi connectivity index (χ1) is 8.52. The summed E-state index contributed by atoms with van der Waals surface area (Å²) in [5, 5.41) is 3.67. The number of aryl methyl sites for hydroxylation is 2. The van der Waals surface area contributed by atoms with Gasteiger partial charge in [-0.15, -0.1) is 0 Å². The minimum absolute atomic E-state index is 0.479. The van der Waals surface area contributed by atoms with Crippen molar-refractivity contribution in [3.63, 3.8) is 0 Å². The Labute approximate surface area is 112 Å². The number of aromatic nitrogens is 1.